The molecule has 0 aliphatic heterocycles. The Morgan fingerprint density at radius 3 is 2.51 bits per heavy atom. The molecule has 35 heavy (non-hydrogen) atoms. The monoisotopic (exact) mass is 488 g/mol. The van der Waals surface area contributed by atoms with Gasteiger partial charge in [0, 0.05) is 19.0 Å². The van der Waals surface area contributed by atoms with E-state index in [0.29, 0.717) is 18.7 Å². The summed E-state index contributed by atoms with van der Waals surface area (Å²) in [4.78, 5) is 27.2. The number of aliphatic hydroxyl groups is 1. The molecule has 1 aromatic carbocycles. The van der Waals surface area contributed by atoms with Crippen LogP contribution in [0.2, 0.25) is 0 Å². The molecule has 2 atom stereocenters. The molecular formula is C28H44N2O5. The van der Waals surface area contributed by atoms with Crippen LogP contribution in [0.25, 0.3) is 0 Å². The molecule has 0 spiro atoms. The molecule has 0 unspecified atom stereocenters. The Labute approximate surface area is 210 Å². The quantitative estimate of drug-likeness (QED) is 0.375. The number of alkyl carbamates (subject to hydrolysis) is 1. The van der Waals surface area contributed by atoms with E-state index in [2.05, 4.69) is 10.2 Å². The van der Waals surface area contributed by atoms with Gasteiger partial charge in [-0.05, 0) is 76.7 Å². The third kappa shape index (κ3) is 7.68. The Bertz CT molecular complexity index is 850. The van der Waals surface area contributed by atoms with Crippen molar-refractivity contribution in [1.82, 2.24) is 10.2 Å². The Morgan fingerprint density at radius 2 is 1.83 bits per heavy atom. The average Bonchev–Trinajstić information content (AvgIpc) is 2.79. The van der Waals surface area contributed by atoms with E-state index < -0.39 is 11.7 Å². The van der Waals surface area contributed by atoms with Crippen LogP contribution < -0.4 is 10.1 Å². The lowest BCUT2D eigenvalue weighted by molar-refractivity contribution is -0.137. The van der Waals surface area contributed by atoms with Gasteiger partial charge >= 0.3 is 12.1 Å². The number of hydrogen-bond donors (Lipinski definition) is 2. The number of esters is 1. The highest BCUT2D eigenvalue weighted by molar-refractivity contribution is 5.73. The van der Waals surface area contributed by atoms with Gasteiger partial charge in [-0.15, -0.1) is 0 Å². The van der Waals surface area contributed by atoms with Crippen molar-refractivity contribution in [2.45, 2.75) is 89.8 Å². The van der Waals surface area contributed by atoms with Gasteiger partial charge in [0.1, 0.15) is 5.75 Å². The summed E-state index contributed by atoms with van der Waals surface area (Å²) in [5.41, 5.74) is -0.419. The lowest BCUT2D eigenvalue weighted by Crippen LogP contribution is -2.43. The lowest BCUT2D eigenvalue weighted by atomic mass is 9.71. The van der Waals surface area contributed by atoms with E-state index in [0.717, 1.165) is 63.5 Å². The minimum Gasteiger partial charge on any atom is -0.447 e. The summed E-state index contributed by atoms with van der Waals surface area (Å²) >= 11 is 0. The van der Waals surface area contributed by atoms with E-state index in [1.807, 2.05) is 46.1 Å². The number of hydrogen-bond acceptors (Lipinski definition) is 6. The first kappa shape index (κ1) is 27.5. The zero-order valence-electron chi connectivity index (χ0n) is 22.0. The molecule has 0 bridgehead atoms. The SMILES string of the molecule is CC(C)OC(=O)NCC1(CC(=O)Oc2cccc([C@@]3(O)CCCC[C@@H]3CN(C)C)c2)CCCCC1. The first-order valence-corrected chi connectivity index (χ1v) is 13.2. The van der Waals surface area contributed by atoms with Gasteiger partial charge in [-0.1, -0.05) is 44.2 Å². The lowest BCUT2D eigenvalue weighted by Gasteiger charge is -2.41. The fraction of sp³-hybridized carbons (Fsp3) is 0.714. The van der Waals surface area contributed by atoms with Crippen LogP contribution in [-0.4, -0.2) is 55.4 Å². The van der Waals surface area contributed by atoms with Crippen molar-refractivity contribution in [2.75, 3.05) is 27.2 Å². The number of rotatable bonds is 9. The third-order valence-electron chi connectivity index (χ3n) is 7.57. The highest BCUT2D eigenvalue weighted by atomic mass is 16.6. The van der Waals surface area contributed by atoms with Crippen LogP contribution in [0.3, 0.4) is 0 Å². The van der Waals surface area contributed by atoms with Crippen molar-refractivity contribution in [3.8, 4) is 5.75 Å². The largest absolute Gasteiger partial charge is 0.447 e. The molecule has 0 heterocycles. The van der Waals surface area contributed by atoms with Crippen LogP contribution in [0.1, 0.15) is 83.6 Å². The van der Waals surface area contributed by atoms with Crippen molar-refractivity contribution in [3.05, 3.63) is 29.8 Å². The maximum atomic E-state index is 13.1. The second kappa shape index (κ2) is 12.2. The Kier molecular flexibility index (Phi) is 9.59. The highest BCUT2D eigenvalue weighted by Gasteiger charge is 2.41. The molecule has 0 aromatic heterocycles. The summed E-state index contributed by atoms with van der Waals surface area (Å²) in [5.74, 6) is 0.302. The molecule has 0 saturated heterocycles. The minimum atomic E-state index is -0.920. The van der Waals surface area contributed by atoms with Crippen molar-refractivity contribution in [1.29, 1.82) is 0 Å². The van der Waals surface area contributed by atoms with Crippen LogP contribution in [0.15, 0.2) is 24.3 Å². The van der Waals surface area contributed by atoms with Gasteiger partial charge < -0.3 is 24.8 Å². The number of carbonyl (C=O) groups is 2. The number of amides is 1. The molecule has 196 valence electrons. The average molecular weight is 489 g/mol. The van der Waals surface area contributed by atoms with Crippen molar-refractivity contribution in [3.63, 3.8) is 0 Å². The molecule has 2 N–H and O–H groups in total. The topological polar surface area (TPSA) is 88.1 Å². The van der Waals surface area contributed by atoms with Crippen LogP contribution >= 0.6 is 0 Å². The van der Waals surface area contributed by atoms with Crippen LogP contribution in [0, 0.1) is 11.3 Å². The molecule has 2 aliphatic carbocycles. The summed E-state index contributed by atoms with van der Waals surface area (Å²) in [7, 11) is 4.07. The fourth-order valence-electron chi connectivity index (χ4n) is 5.83. The van der Waals surface area contributed by atoms with Crippen LogP contribution in [-0.2, 0) is 15.1 Å². The van der Waals surface area contributed by atoms with Crippen molar-refractivity contribution in [2.24, 2.45) is 11.3 Å². The summed E-state index contributed by atoms with van der Waals surface area (Å²) < 4.78 is 11.0. The zero-order chi connectivity index (χ0) is 25.5. The summed E-state index contributed by atoms with van der Waals surface area (Å²) in [5, 5.41) is 14.5. The van der Waals surface area contributed by atoms with Gasteiger partial charge in [0.25, 0.3) is 0 Å². The predicted octanol–water partition coefficient (Wildman–Crippen LogP) is 5.01. The zero-order valence-corrected chi connectivity index (χ0v) is 22.0. The number of nitrogens with zero attached hydrogens (tertiary/aromatic N) is 1. The minimum absolute atomic E-state index is 0.138. The normalized spacial score (nSPS) is 24.3. The van der Waals surface area contributed by atoms with E-state index in [1.54, 1.807) is 6.07 Å². The maximum absolute atomic E-state index is 13.1. The van der Waals surface area contributed by atoms with Gasteiger partial charge in [-0.3, -0.25) is 4.79 Å². The first-order chi connectivity index (χ1) is 16.6. The van der Waals surface area contributed by atoms with Crippen molar-refractivity contribution >= 4 is 12.1 Å². The second-order valence-corrected chi connectivity index (χ2v) is 11.2. The molecule has 1 aromatic rings. The van der Waals surface area contributed by atoms with E-state index in [-0.39, 0.29) is 29.8 Å². The summed E-state index contributed by atoms with van der Waals surface area (Å²) in [6, 6.07) is 7.41. The maximum Gasteiger partial charge on any atom is 0.407 e. The van der Waals surface area contributed by atoms with Gasteiger partial charge in [0.15, 0.2) is 0 Å². The van der Waals surface area contributed by atoms with E-state index >= 15 is 0 Å². The highest BCUT2D eigenvalue weighted by Crippen LogP contribution is 2.43. The summed E-state index contributed by atoms with van der Waals surface area (Å²) in [6.45, 7) is 4.84. The van der Waals surface area contributed by atoms with Crippen LogP contribution in [0.5, 0.6) is 5.75 Å². The van der Waals surface area contributed by atoms with Gasteiger partial charge in [0.05, 0.1) is 18.1 Å². The summed E-state index contributed by atoms with van der Waals surface area (Å²) in [6.07, 6.45) is 8.35. The Hall–Kier alpha value is -2.12. The predicted molar refractivity (Wildman–Crippen MR) is 136 cm³/mol. The van der Waals surface area contributed by atoms with Crippen molar-refractivity contribution < 1.29 is 24.2 Å². The standard InChI is InChI=1S/C28H44N2O5/c1-21(2)34-26(32)29-20-27(14-7-5-8-15-27)18-25(31)35-24-13-10-12-22(17-24)28(33)16-9-6-11-23(28)19-30(3)4/h10,12-13,17,21,23,33H,5-9,11,14-16,18-20H2,1-4H3,(H,29,32)/t23-,28+/m1/s1. The number of nitrogens with one attached hydrogen (secondary N) is 1. The smallest absolute Gasteiger partial charge is 0.407 e. The number of carbonyl (C=O) groups excluding carboxylic acids is 2. The first-order valence-electron chi connectivity index (χ1n) is 13.2. The fourth-order valence-corrected chi connectivity index (χ4v) is 5.83. The molecular weight excluding hydrogens is 444 g/mol. The van der Waals surface area contributed by atoms with E-state index in [9.17, 15) is 14.7 Å². The number of ether oxygens (including phenoxy) is 2. The molecule has 3 rings (SSSR count). The Morgan fingerprint density at radius 1 is 1.11 bits per heavy atom. The number of benzene rings is 1. The van der Waals surface area contributed by atoms with Gasteiger partial charge in [0.2, 0.25) is 0 Å². The Balaban J connectivity index is 1.68. The molecule has 2 saturated carbocycles. The molecule has 0 radical (unpaired) electrons. The van der Waals surface area contributed by atoms with Crippen LogP contribution in [0.4, 0.5) is 4.79 Å². The van der Waals surface area contributed by atoms with E-state index in [4.69, 9.17) is 9.47 Å². The second-order valence-electron chi connectivity index (χ2n) is 11.2. The molecule has 7 heteroatoms. The molecule has 2 aliphatic rings. The van der Waals surface area contributed by atoms with E-state index in [1.165, 1.54) is 0 Å². The van der Waals surface area contributed by atoms with Gasteiger partial charge in [-0.25, -0.2) is 4.79 Å². The van der Waals surface area contributed by atoms with Gasteiger partial charge in [-0.2, -0.15) is 0 Å². The third-order valence-corrected chi connectivity index (χ3v) is 7.57. The molecule has 1 amide bonds. The molecule has 7 nitrogen and oxygen atoms in total. The molecule has 2 fully saturated rings.